The molecular weight excluding hydrogens is 339 g/mol. The third kappa shape index (κ3) is 4.47. The molecule has 0 radical (unpaired) electrons. The van der Waals surface area contributed by atoms with Crippen molar-refractivity contribution in [2.75, 3.05) is 57.8 Å². The number of urea groups is 1. The lowest BCUT2D eigenvalue weighted by molar-refractivity contribution is -0.130. The van der Waals surface area contributed by atoms with Crippen LogP contribution in [0.5, 0.6) is 0 Å². The molecule has 2 aliphatic rings. The molecule has 0 bridgehead atoms. The first-order valence-corrected chi connectivity index (χ1v) is 8.96. The normalized spacial score (nSPS) is 19.4. The number of hydrazine groups is 1. The number of hydrogen-bond acceptors (Lipinski definition) is 6. The zero-order valence-corrected chi connectivity index (χ0v) is 15.0. The van der Waals surface area contributed by atoms with E-state index in [0.29, 0.717) is 12.4 Å². The van der Waals surface area contributed by atoms with Crippen molar-refractivity contribution in [1.82, 2.24) is 25.2 Å². The van der Waals surface area contributed by atoms with Crippen LogP contribution in [0.25, 0.3) is 0 Å². The molecule has 142 valence electrons. The average molecular weight is 364 g/mol. The van der Waals surface area contributed by atoms with Crippen LogP contribution in [-0.4, -0.2) is 84.6 Å². The number of halogens is 1. The van der Waals surface area contributed by atoms with E-state index >= 15 is 0 Å². The highest BCUT2D eigenvalue weighted by molar-refractivity contribution is 5.96. The van der Waals surface area contributed by atoms with Gasteiger partial charge in [0.1, 0.15) is 5.82 Å². The summed E-state index contributed by atoms with van der Waals surface area (Å²) < 4.78 is 13.2. The van der Waals surface area contributed by atoms with Crippen molar-refractivity contribution in [3.8, 4) is 0 Å². The summed E-state index contributed by atoms with van der Waals surface area (Å²) in [7, 11) is 1.51. The summed E-state index contributed by atoms with van der Waals surface area (Å²) in [5.74, 6) is 0.0352. The van der Waals surface area contributed by atoms with Gasteiger partial charge in [-0.05, 0) is 31.5 Å². The van der Waals surface area contributed by atoms with Crippen molar-refractivity contribution < 1.29 is 14.0 Å². The smallest absolute Gasteiger partial charge is 0.340 e. The zero-order valence-electron chi connectivity index (χ0n) is 15.0. The highest BCUT2D eigenvalue weighted by Gasteiger charge is 2.28. The molecule has 3 rings (SSSR count). The molecule has 1 N–H and O–H groups in total. The van der Waals surface area contributed by atoms with Gasteiger partial charge in [0, 0.05) is 39.8 Å². The van der Waals surface area contributed by atoms with Gasteiger partial charge < -0.3 is 4.90 Å². The van der Waals surface area contributed by atoms with Gasteiger partial charge in [0.05, 0.1) is 6.54 Å². The Morgan fingerprint density at radius 3 is 2.58 bits per heavy atom. The van der Waals surface area contributed by atoms with Crippen LogP contribution < -0.4 is 10.3 Å². The van der Waals surface area contributed by atoms with Crippen molar-refractivity contribution in [3.05, 3.63) is 24.1 Å². The molecule has 1 aromatic heterocycles. The molecule has 0 saturated carbocycles. The molecule has 0 spiro atoms. The van der Waals surface area contributed by atoms with Gasteiger partial charge >= 0.3 is 6.03 Å². The van der Waals surface area contributed by atoms with Gasteiger partial charge in [0.15, 0.2) is 0 Å². The number of aromatic nitrogens is 1. The second-order valence-corrected chi connectivity index (χ2v) is 6.58. The highest BCUT2D eigenvalue weighted by atomic mass is 19.1. The van der Waals surface area contributed by atoms with E-state index in [9.17, 15) is 14.0 Å². The number of amides is 3. The monoisotopic (exact) mass is 364 g/mol. The first kappa shape index (κ1) is 18.5. The molecule has 3 amide bonds. The van der Waals surface area contributed by atoms with Crippen LogP contribution in [0.15, 0.2) is 18.2 Å². The van der Waals surface area contributed by atoms with Crippen molar-refractivity contribution in [1.29, 1.82) is 0 Å². The summed E-state index contributed by atoms with van der Waals surface area (Å²) in [5, 5.41) is 1.51. The number of hydrogen-bond donors (Lipinski definition) is 1. The number of anilines is 1. The molecule has 2 saturated heterocycles. The fourth-order valence-electron chi connectivity index (χ4n) is 3.19. The number of carbonyl (C=O) groups is 2. The standard InChI is InChI=1S/C17H25FN6O2/c1-21-16(25)13-19-24(17(21)26)8-3-2-7-22-9-11-23(12-10-22)15-6-4-5-14(18)20-15/h4-6,19H,2-3,7-13H2,1H3. The van der Waals surface area contributed by atoms with E-state index in [0.717, 1.165) is 50.5 Å². The molecule has 26 heavy (non-hydrogen) atoms. The van der Waals surface area contributed by atoms with E-state index in [4.69, 9.17) is 0 Å². The summed E-state index contributed by atoms with van der Waals surface area (Å²) in [6, 6.07) is 4.58. The van der Waals surface area contributed by atoms with Gasteiger partial charge in [-0.25, -0.2) is 15.2 Å². The van der Waals surface area contributed by atoms with Gasteiger partial charge in [0.25, 0.3) is 0 Å². The molecule has 0 unspecified atom stereocenters. The first-order chi connectivity index (χ1) is 12.5. The molecule has 2 aliphatic heterocycles. The average Bonchev–Trinajstić information content (AvgIpc) is 2.65. The van der Waals surface area contributed by atoms with Crippen LogP contribution in [0.1, 0.15) is 12.8 Å². The Hall–Kier alpha value is -2.26. The van der Waals surface area contributed by atoms with Crippen LogP contribution in [-0.2, 0) is 4.79 Å². The van der Waals surface area contributed by atoms with Crippen LogP contribution in [0.4, 0.5) is 15.0 Å². The largest absolute Gasteiger partial charge is 0.354 e. The zero-order chi connectivity index (χ0) is 18.5. The quantitative estimate of drug-likeness (QED) is 0.586. The van der Waals surface area contributed by atoms with Crippen LogP contribution >= 0.6 is 0 Å². The van der Waals surface area contributed by atoms with Crippen molar-refractivity contribution in [2.45, 2.75) is 12.8 Å². The van der Waals surface area contributed by atoms with Gasteiger partial charge in [0.2, 0.25) is 11.9 Å². The van der Waals surface area contributed by atoms with E-state index < -0.39 is 5.95 Å². The maximum absolute atomic E-state index is 13.2. The van der Waals surface area contributed by atoms with E-state index in [1.54, 1.807) is 6.07 Å². The summed E-state index contributed by atoms with van der Waals surface area (Å²) in [5.41, 5.74) is 2.85. The van der Waals surface area contributed by atoms with Crippen molar-refractivity contribution in [3.63, 3.8) is 0 Å². The Labute approximate surface area is 152 Å². The number of nitrogens with one attached hydrogen (secondary N) is 1. The lowest BCUT2D eigenvalue weighted by Gasteiger charge is -2.35. The topological polar surface area (TPSA) is 72.0 Å². The number of nitrogens with zero attached hydrogens (tertiary/aromatic N) is 5. The van der Waals surface area contributed by atoms with Gasteiger partial charge in [-0.1, -0.05) is 6.07 Å². The fraction of sp³-hybridized carbons (Fsp3) is 0.588. The Kier molecular flexibility index (Phi) is 6.00. The summed E-state index contributed by atoms with van der Waals surface area (Å²) in [6.45, 7) is 5.20. The number of likely N-dealkylation sites (N-methyl/N-ethyl adjacent to an activating group) is 1. The Bertz CT molecular complexity index is 650. The molecule has 1 aromatic rings. The Balaban J connectivity index is 1.34. The second-order valence-electron chi connectivity index (χ2n) is 6.58. The van der Waals surface area contributed by atoms with E-state index in [2.05, 4.69) is 20.2 Å². The molecule has 0 atom stereocenters. The van der Waals surface area contributed by atoms with Crippen LogP contribution in [0.3, 0.4) is 0 Å². The highest BCUT2D eigenvalue weighted by Crippen LogP contribution is 2.14. The first-order valence-electron chi connectivity index (χ1n) is 8.96. The summed E-state index contributed by atoms with van der Waals surface area (Å²) in [4.78, 5) is 32.9. The van der Waals surface area contributed by atoms with Crippen LogP contribution in [0.2, 0.25) is 0 Å². The lowest BCUT2D eigenvalue weighted by Crippen LogP contribution is -2.59. The molecule has 0 aliphatic carbocycles. The molecule has 2 fully saturated rings. The summed E-state index contributed by atoms with van der Waals surface area (Å²) in [6.07, 6.45) is 1.84. The van der Waals surface area contributed by atoms with E-state index in [1.165, 1.54) is 18.1 Å². The van der Waals surface area contributed by atoms with Gasteiger partial charge in [-0.2, -0.15) is 4.39 Å². The Morgan fingerprint density at radius 1 is 1.12 bits per heavy atom. The van der Waals surface area contributed by atoms with Crippen LogP contribution in [0, 0.1) is 5.95 Å². The van der Waals surface area contributed by atoms with Crippen molar-refractivity contribution >= 4 is 17.8 Å². The number of piperazine rings is 1. The molecule has 9 heteroatoms. The van der Waals surface area contributed by atoms with Gasteiger partial charge in [-0.15, -0.1) is 0 Å². The lowest BCUT2D eigenvalue weighted by atomic mass is 10.2. The van der Waals surface area contributed by atoms with Gasteiger partial charge in [-0.3, -0.25) is 19.6 Å². The predicted octanol–water partition coefficient (Wildman–Crippen LogP) is 0.522. The molecule has 8 nitrogen and oxygen atoms in total. The third-order valence-electron chi connectivity index (χ3n) is 4.82. The molecule has 3 heterocycles. The maximum Gasteiger partial charge on any atom is 0.340 e. The minimum absolute atomic E-state index is 0.165. The SMILES string of the molecule is CN1C(=O)CNN(CCCCN2CCN(c3cccc(F)n3)CC2)C1=O. The fourth-order valence-corrected chi connectivity index (χ4v) is 3.19. The maximum atomic E-state index is 13.2. The molecule has 0 aromatic carbocycles. The number of pyridine rings is 1. The molecular formula is C17H25FN6O2. The van der Waals surface area contributed by atoms with E-state index in [-0.39, 0.29) is 18.5 Å². The number of imide groups is 1. The number of unbranched alkanes of at least 4 members (excludes halogenated alkanes) is 1. The van der Waals surface area contributed by atoms with Crippen molar-refractivity contribution in [2.24, 2.45) is 0 Å². The minimum atomic E-state index is -0.446. The number of carbonyl (C=O) groups excluding carboxylic acids is 2. The minimum Gasteiger partial charge on any atom is -0.354 e. The summed E-state index contributed by atoms with van der Waals surface area (Å²) >= 11 is 0. The third-order valence-corrected chi connectivity index (χ3v) is 4.82. The Morgan fingerprint density at radius 2 is 1.85 bits per heavy atom. The second kappa shape index (κ2) is 8.41. The van der Waals surface area contributed by atoms with E-state index in [1.807, 2.05) is 6.07 Å². The predicted molar refractivity (Wildman–Crippen MR) is 95.0 cm³/mol. The number of rotatable bonds is 6.